The lowest BCUT2D eigenvalue weighted by atomic mass is 10.3. The number of rotatable bonds is 7. The number of para-hydroxylation sites is 1. The first-order valence-electron chi connectivity index (χ1n) is 8.53. The highest BCUT2D eigenvalue weighted by Crippen LogP contribution is 2.30. The number of benzene rings is 2. The first-order valence-corrected chi connectivity index (χ1v) is 10.3. The van der Waals surface area contributed by atoms with Crippen LogP contribution in [0.15, 0.2) is 89.1 Å². The molecule has 0 unspecified atom stereocenters. The number of sulfonamides is 1. The maximum Gasteiger partial charge on any atom is 0.264 e. The van der Waals surface area contributed by atoms with Gasteiger partial charge in [0.25, 0.3) is 15.9 Å². The molecule has 1 aromatic heterocycles. The Morgan fingerprint density at radius 1 is 1.03 bits per heavy atom. The number of nitrogens with zero attached hydrogens (tertiary/aromatic N) is 3. The molecule has 148 valence electrons. The van der Waals surface area contributed by atoms with Gasteiger partial charge in [-0.05, 0) is 42.0 Å². The smallest absolute Gasteiger partial charge is 0.264 e. The standard InChI is InChI=1S/C20H17ClN4O3S/c21-18-8-4-5-9-19(18)25(29(27,28)17-6-2-1-3-7-17)15-20(26)24-23-14-16-10-12-22-13-11-16/h1-14H,15H2,(H,24,26)/b23-14-. The van der Waals surface area contributed by atoms with Gasteiger partial charge in [0.05, 0.1) is 21.8 Å². The molecule has 1 heterocycles. The highest BCUT2D eigenvalue weighted by molar-refractivity contribution is 7.92. The van der Waals surface area contributed by atoms with Gasteiger partial charge in [0, 0.05) is 12.4 Å². The number of aromatic nitrogens is 1. The van der Waals surface area contributed by atoms with E-state index in [0.717, 1.165) is 9.87 Å². The minimum atomic E-state index is -4.02. The van der Waals surface area contributed by atoms with Gasteiger partial charge in [-0.3, -0.25) is 14.1 Å². The fourth-order valence-electron chi connectivity index (χ4n) is 2.47. The summed E-state index contributed by atoms with van der Waals surface area (Å²) in [7, 11) is -4.02. The Morgan fingerprint density at radius 2 is 1.69 bits per heavy atom. The van der Waals surface area contributed by atoms with Crippen LogP contribution in [0, 0.1) is 0 Å². The molecule has 3 aromatic rings. The summed E-state index contributed by atoms with van der Waals surface area (Å²) in [4.78, 5) is 16.4. The van der Waals surface area contributed by atoms with Crippen LogP contribution in [0.2, 0.25) is 5.02 Å². The van der Waals surface area contributed by atoms with Gasteiger partial charge >= 0.3 is 0 Å². The van der Waals surface area contributed by atoms with Crippen LogP contribution in [0.3, 0.4) is 0 Å². The Labute approximate surface area is 173 Å². The second kappa shape index (κ2) is 9.31. The van der Waals surface area contributed by atoms with Crippen LogP contribution in [0.5, 0.6) is 0 Å². The fourth-order valence-corrected chi connectivity index (χ4v) is 4.22. The quantitative estimate of drug-likeness (QED) is 0.462. The van der Waals surface area contributed by atoms with Crippen molar-refractivity contribution >= 4 is 39.4 Å². The van der Waals surface area contributed by atoms with E-state index >= 15 is 0 Å². The van der Waals surface area contributed by atoms with Crippen molar-refractivity contribution in [3.63, 3.8) is 0 Å². The van der Waals surface area contributed by atoms with Crippen LogP contribution in [0.4, 0.5) is 5.69 Å². The van der Waals surface area contributed by atoms with Crippen molar-refractivity contribution in [1.29, 1.82) is 0 Å². The zero-order valence-electron chi connectivity index (χ0n) is 15.1. The topological polar surface area (TPSA) is 91.7 Å². The normalized spacial score (nSPS) is 11.3. The number of halogens is 1. The number of carbonyl (C=O) groups is 1. The number of anilines is 1. The van der Waals surface area contributed by atoms with Gasteiger partial charge in [0.1, 0.15) is 6.54 Å². The molecular weight excluding hydrogens is 412 g/mol. The molecule has 1 amide bonds. The number of amides is 1. The molecule has 0 aliphatic rings. The Hall–Kier alpha value is -3.23. The third-order valence-electron chi connectivity index (χ3n) is 3.85. The summed E-state index contributed by atoms with van der Waals surface area (Å²) in [5, 5.41) is 4.07. The predicted molar refractivity (Wildman–Crippen MR) is 112 cm³/mol. The largest absolute Gasteiger partial charge is 0.271 e. The van der Waals surface area contributed by atoms with Crippen molar-refractivity contribution in [2.75, 3.05) is 10.8 Å². The van der Waals surface area contributed by atoms with Gasteiger partial charge in [-0.15, -0.1) is 0 Å². The van der Waals surface area contributed by atoms with E-state index in [4.69, 9.17) is 11.6 Å². The minimum absolute atomic E-state index is 0.0491. The van der Waals surface area contributed by atoms with E-state index < -0.39 is 22.5 Å². The van der Waals surface area contributed by atoms with Gasteiger partial charge in [0.2, 0.25) is 0 Å². The fraction of sp³-hybridized carbons (Fsp3) is 0.0500. The Kier molecular flexibility index (Phi) is 6.58. The summed E-state index contributed by atoms with van der Waals surface area (Å²) < 4.78 is 27.3. The molecule has 0 saturated carbocycles. The van der Waals surface area contributed by atoms with E-state index in [9.17, 15) is 13.2 Å². The predicted octanol–water partition coefficient (Wildman–Crippen LogP) is 3.08. The minimum Gasteiger partial charge on any atom is -0.271 e. The molecule has 2 aromatic carbocycles. The third kappa shape index (κ3) is 5.18. The SMILES string of the molecule is O=C(CN(c1ccccc1Cl)S(=O)(=O)c1ccccc1)N/N=C\c1ccncc1. The summed E-state index contributed by atoms with van der Waals surface area (Å²) in [6.45, 7) is -0.491. The maximum absolute atomic E-state index is 13.2. The molecule has 9 heteroatoms. The van der Waals surface area contributed by atoms with Crippen LogP contribution in [-0.2, 0) is 14.8 Å². The van der Waals surface area contributed by atoms with Crippen LogP contribution < -0.4 is 9.73 Å². The number of hydrogen-bond donors (Lipinski definition) is 1. The van der Waals surface area contributed by atoms with Crippen molar-refractivity contribution in [1.82, 2.24) is 10.4 Å². The second-order valence-electron chi connectivity index (χ2n) is 5.85. The highest BCUT2D eigenvalue weighted by atomic mass is 35.5. The monoisotopic (exact) mass is 428 g/mol. The first kappa shape index (κ1) is 20.5. The van der Waals surface area contributed by atoms with E-state index in [-0.39, 0.29) is 15.6 Å². The molecule has 0 fully saturated rings. The molecular formula is C20H17ClN4O3S. The van der Waals surface area contributed by atoms with Crippen molar-refractivity contribution in [3.8, 4) is 0 Å². The number of hydrazone groups is 1. The number of pyridine rings is 1. The Bertz CT molecular complexity index is 1110. The average Bonchev–Trinajstić information content (AvgIpc) is 2.74. The van der Waals surface area contributed by atoms with E-state index in [1.54, 1.807) is 60.9 Å². The van der Waals surface area contributed by atoms with Crippen molar-refractivity contribution < 1.29 is 13.2 Å². The van der Waals surface area contributed by atoms with E-state index in [1.807, 2.05) is 0 Å². The maximum atomic E-state index is 13.2. The zero-order chi connectivity index (χ0) is 20.7. The molecule has 1 N–H and O–H groups in total. The van der Waals surface area contributed by atoms with Crippen molar-refractivity contribution in [3.05, 3.63) is 89.7 Å². The highest BCUT2D eigenvalue weighted by Gasteiger charge is 2.28. The summed E-state index contributed by atoms with van der Waals surface area (Å²) in [5.74, 6) is -0.616. The van der Waals surface area contributed by atoms with E-state index in [1.165, 1.54) is 24.4 Å². The molecule has 0 spiro atoms. The van der Waals surface area contributed by atoms with Crippen LogP contribution in [0.25, 0.3) is 0 Å². The number of carbonyl (C=O) groups excluding carboxylic acids is 1. The summed E-state index contributed by atoms with van der Waals surface area (Å²) >= 11 is 6.21. The number of nitrogens with one attached hydrogen (secondary N) is 1. The van der Waals surface area contributed by atoms with Gasteiger partial charge < -0.3 is 0 Å². The van der Waals surface area contributed by atoms with Crippen molar-refractivity contribution in [2.24, 2.45) is 5.10 Å². The average molecular weight is 429 g/mol. The number of hydrogen-bond acceptors (Lipinski definition) is 5. The summed E-state index contributed by atoms with van der Waals surface area (Å²) in [6, 6.07) is 17.7. The lowest BCUT2D eigenvalue weighted by molar-refractivity contribution is -0.119. The molecule has 29 heavy (non-hydrogen) atoms. The molecule has 0 aliphatic heterocycles. The molecule has 0 radical (unpaired) electrons. The molecule has 0 saturated heterocycles. The second-order valence-corrected chi connectivity index (χ2v) is 8.12. The lowest BCUT2D eigenvalue weighted by Crippen LogP contribution is -2.39. The molecule has 0 bridgehead atoms. The Balaban J connectivity index is 1.85. The Morgan fingerprint density at radius 3 is 2.38 bits per heavy atom. The van der Waals surface area contributed by atoms with Crippen LogP contribution in [-0.4, -0.2) is 32.1 Å². The van der Waals surface area contributed by atoms with E-state index in [2.05, 4.69) is 15.5 Å². The van der Waals surface area contributed by atoms with E-state index in [0.29, 0.717) is 0 Å². The molecule has 0 aliphatic carbocycles. The van der Waals surface area contributed by atoms with Gasteiger partial charge in [0.15, 0.2) is 0 Å². The molecule has 7 nitrogen and oxygen atoms in total. The third-order valence-corrected chi connectivity index (χ3v) is 5.94. The summed E-state index contributed by atoms with van der Waals surface area (Å²) in [6.07, 6.45) is 4.62. The zero-order valence-corrected chi connectivity index (χ0v) is 16.7. The van der Waals surface area contributed by atoms with Crippen LogP contribution in [0.1, 0.15) is 5.56 Å². The van der Waals surface area contributed by atoms with Gasteiger partial charge in [-0.1, -0.05) is 41.9 Å². The van der Waals surface area contributed by atoms with Crippen LogP contribution >= 0.6 is 11.6 Å². The molecule has 3 rings (SSSR count). The summed E-state index contributed by atoms with van der Waals surface area (Å²) in [5.41, 5.74) is 3.27. The van der Waals surface area contributed by atoms with Gasteiger partial charge in [-0.2, -0.15) is 5.10 Å². The van der Waals surface area contributed by atoms with Gasteiger partial charge in [-0.25, -0.2) is 13.8 Å². The molecule has 0 atom stereocenters. The lowest BCUT2D eigenvalue weighted by Gasteiger charge is -2.24. The first-order chi connectivity index (χ1) is 14.0. The van der Waals surface area contributed by atoms with Crippen molar-refractivity contribution in [2.45, 2.75) is 4.90 Å².